The summed E-state index contributed by atoms with van der Waals surface area (Å²) in [6.07, 6.45) is 0. The molecule has 0 saturated carbocycles. The summed E-state index contributed by atoms with van der Waals surface area (Å²) >= 11 is 0. The summed E-state index contributed by atoms with van der Waals surface area (Å²) in [5.41, 5.74) is 2.39. The first-order chi connectivity index (χ1) is 1.91. The molecule has 1 atom stereocenters. The van der Waals surface area contributed by atoms with E-state index in [4.69, 9.17) is 0 Å². The van der Waals surface area contributed by atoms with Gasteiger partial charge in [0.25, 0.3) is 0 Å². The molecule has 0 aromatic rings. The third kappa shape index (κ3) is 2.35. The van der Waals surface area contributed by atoms with Crippen LogP contribution >= 0.6 is 9.47 Å². The van der Waals surface area contributed by atoms with E-state index in [-0.39, 0.29) is 0 Å². The van der Waals surface area contributed by atoms with Crippen LogP contribution in [0.25, 0.3) is 0 Å². The lowest BCUT2D eigenvalue weighted by molar-refractivity contribution is 0.269. The Kier molecular flexibility index (Phi) is 3.64. The van der Waals surface area contributed by atoms with Crippen molar-refractivity contribution in [1.82, 2.24) is 5.48 Å². The molecule has 0 bridgehead atoms. The van der Waals surface area contributed by atoms with E-state index in [1.807, 2.05) is 9.47 Å². The van der Waals surface area contributed by atoms with Crippen molar-refractivity contribution in [1.29, 1.82) is 0 Å². The van der Waals surface area contributed by atoms with Crippen molar-refractivity contribution in [3.63, 3.8) is 0 Å². The maximum Gasteiger partial charge on any atom is 0.0257 e. The molecule has 0 aliphatic heterocycles. The molecule has 2 nitrogen and oxygen atoms in total. The third-order valence-corrected chi connectivity index (χ3v) is 0.354. The molecule has 0 saturated heterocycles. The zero-order valence-electron chi connectivity index (χ0n) is 2.49. The van der Waals surface area contributed by atoms with Crippen molar-refractivity contribution in [3.05, 3.63) is 0 Å². The SMILES string of the molecule is CNOP. The van der Waals surface area contributed by atoms with Crippen LogP contribution in [-0.2, 0) is 4.62 Å². The van der Waals surface area contributed by atoms with Gasteiger partial charge in [-0.15, -0.1) is 0 Å². The lowest BCUT2D eigenvalue weighted by Gasteiger charge is -1.80. The van der Waals surface area contributed by atoms with Gasteiger partial charge in [-0.1, -0.05) is 0 Å². The van der Waals surface area contributed by atoms with Gasteiger partial charge >= 0.3 is 0 Å². The molecule has 3 heteroatoms. The Bertz CT molecular complexity index is 10.0. The van der Waals surface area contributed by atoms with Crippen LogP contribution in [0.4, 0.5) is 0 Å². The first-order valence-electron chi connectivity index (χ1n) is 0.940. The minimum Gasteiger partial charge on any atom is -0.287 e. The normalized spacial score (nSPS) is 7.50. The molecular formula is CH6NOP. The van der Waals surface area contributed by atoms with Crippen LogP contribution in [0.1, 0.15) is 0 Å². The summed E-state index contributed by atoms with van der Waals surface area (Å²) in [5.74, 6) is 0. The number of hydrogen-bond donors (Lipinski definition) is 1. The second kappa shape index (κ2) is 3.35. The number of nitrogens with one attached hydrogen (secondary N) is 1. The van der Waals surface area contributed by atoms with Crippen molar-refractivity contribution in [2.75, 3.05) is 7.05 Å². The topological polar surface area (TPSA) is 21.3 Å². The Morgan fingerprint density at radius 3 is 2.25 bits per heavy atom. The number of rotatable bonds is 1. The van der Waals surface area contributed by atoms with Gasteiger partial charge in [-0.3, -0.25) is 4.62 Å². The van der Waals surface area contributed by atoms with Gasteiger partial charge in [-0.2, -0.15) is 0 Å². The van der Waals surface area contributed by atoms with Crippen LogP contribution in [0.2, 0.25) is 0 Å². The Morgan fingerprint density at radius 2 is 2.25 bits per heavy atom. The molecule has 0 heterocycles. The van der Waals surface area contributed by atoms with Gasteiger partial charge in [0.2, 0.25) is 0 Å². The van der Waals surface area contributed by atoms with Crippen LogP contribution in [-0.4, -0.2) is 7.05 Å². The standard InChI is InChI=1S/CH6NOP/c1-2-3-4/h2H,4H2,1H3. The second-order valence-corrected chi connectivity index (χ2v) is 0.558. The van der Waals surface area contributed by atoms with Crippen molar-refractivity contribution < 1.29 is 4.62 Å². The zero-order chi connectivity index (χ0) is 3.41. The smallest absolute Gasteiger partial charge is 0.0257 e. The number of hydroxylamine groups is 1. The number of hydrogen-bond acceptors (Lipinski definition) is 2. The predicted octanol–water partition coefficient (Wildman–Crippen LogP) is -0.0725. The maximum atomic E-state index is 4.21. The lowest BCUT2D eigenvalue weighted by atomic mass is 11.6. The first-order valence-corrected chi connectivity index (χ1v) is 1.41. The molecule has 0 aliphatic rings. The van der Waals surface area contributed by atoms with Gasteiger partial charge in [0, 0.05) is 16.5 Å². The summed E-state index contributed by atoms with van der Waals surface area (Å²) < 4.78 is 4.21. The fourth-order valence-corrected chi connectivity index (χ4v) is 0. The summed E-state index contributed by atoms with van der Waals surface area (Å²) in [6, 6.07) is 0. The molecule has 0 aliphatic carbocycles. The Balaban J connectivity index is 1.97. The molecule has 0 fully saturated rings. The van der Waals surface area contributed by atoms with Gasteiger partial charge < -0.3 is 0 Å². The van der Waals surface area contributed by atoms with E-state index in [2.05, 4.69) is 10.1 Å². The molecular weight excluding hydrogens is 73.0 g/mol. The molecule has 4 heavy (non-hydrogen) atoms. The van der Waals surface area contributed by atoms with Crippen LogP contribution in [0, 0.1) is 0 Å². The highest BCUT2D eigenvalue weighted by atomic mass is 31.0. The summed E-state index contributed by atoms with van der Waals surface area (Å²) in [7, 11) is 3.73. The molecule has 0 aromatic heterocycles. The van der Waals surface area contributed by atoms with Crippen molar-refractivity contribution in [2.24, 2.45) is 0 Å². The van der Waals surface area contributed by atoms with Crippen molar-refractivity contribution in [3.8, 4) is 0 Å². The Labute approximate surface area is 27.8 Å². The average Bonchev–Trinajstić information content (AvgIpc) is 1.37. The molecule has 1 N–H and O–H groups in total. The van der Waals surface area contributed by atoms with Gasteiger partial charge in [-0.25, -0.2) is 5.48 Å². The molecule has 0 radical (unpaired) electrons. The molecule has 0 aromatic carbocycles. The van der Waals surface area contributed by atoms with Crippen LogP contribution < -0.4 is 5.48 Å². The maximum absolute atomic E-state index is 4.21. The highest BCUT2D eigenvalue weighted by Gasteiger charge is 1.45. The van der Waals surface area contributed by atoms with E-state index in [1.165, 1.54) is 0 Å². The zero-order valence-corrected chi connectivity index (χ0v) is 3.64. The highest BCUT2D eigenvalue weighted by molar-refractivity contribution is 7.09. The molecule has 0 rings (SSSR count). The summed E-state index contributed by atoms with van der Waals surface area (Å²) in [4.78, 5) is 0. The molecule has 1 unspecified atom stereocenters. The quantitative estimate of drug-likeness (QED) is 0.351. The van der Waals surface area contributed by atoms with Crippen molar-refractivity contribution in [2.45, 2.75) is 0 Å². The van der Waals surface area contributed by atoms with E-state index in [0.29, 0.717) is 0 Å². The third-order valence-electron chi connectivity index (χ3n) is 0.118. The Morgan fingerprint density at radius 1 is 2.00 bits per heavy atom. The van der Waals surface area contributed by atoms with Crippen molar-refractivity contribution >= 4 is 9.47 Å². The molecule has 0 spiro atoms. The monoisotopic (exact) mass is 79.0 g/mol. The van der Waals surface area contributed by atoms with E-state index < -0.39 is 0 Å². The molecule has 0 amide bonds. The van der Waals surface area contributed by atoms with Gasteiger partial charge in [0.05, 0.1) is 0 Å². The van der Waals surface area contributed by atoms with Gasteiger partial charge in [-0.05, 0) is 0 Å². The van der Waals surface area contributed by atoms with Gasteiger partial charge in [0.1, 0.15) is 0 Å². The van der Waals surface area contributed by atoms with Crippen LogP contribution in [0.15, 0.2) is 0 Å². The average molecular weight is 79.0 g/mol. The van der Waals surface area contributed by atoms with E-state index >= 15 is 0 Å². The van der Waals surface area contributed by atoms with Gasteiger partial charge in [0.15, 0.2) is 0 Å². The minimum absolute atomic E-state index is 1.69. The minimum atomic E-state index is 1.69. The lowest BCUT2D eigenvalue weighted by Crippen LogP contribution is -1.94. The highest BCUT2D eigenvalue weighted by Crippen LogP contribution is 1.68. The Hall–Kier alpha value is 0.350. The molecule has 26 valence electrons. The van der Waals surface area contributed by atoms with E-state index in [1.54, 1.807) is 7.05 Å². The van der Waals surface area contributed by atoms with Crippen LogP contribution in [0.5, 0.6) is 0 Å². The van der Waals surface area contributed by atoms with E-state index in [0.717, 1.165) is 0 Å². The first kappa shape index (κ1) is 4.35. The predicted molar refractivity (Wildman–Crippen MR) is 19.9 cm³/mol. The second-order valence-electron chi connectivity index (χ2n) is 0.322. The fourth-order valence-electron chi connectivity index (χ4n) is 0. The fraction of sp³-hybridized carbons (Fsp3) is 1.00. The largest absolute Gasteiger partial charge is 0.287 e. The summed E-state index contributed by atoms with van der Waals surface area (Å²) in [6.45, 7) is 0. The summed E-state index contributed by atoms with van der Waals surface area (Å²) in [5, 5.41) is 0. The van der Waals surface area contributed by atoms with E-state index in [9.17, 15) is 0 Å². The van der Waals surface area contributed by atoms with Crippen LogP contribution in [0.3, 0.4) is 0 Å².